The van der Waals surface area contributed by atoms with Crippen LogP contribution in [0.15, 0.2) is 40.9 Å². The van der Waals surface area contributed by atoms with Gasteiger partial charge in [-0.25, -0.2) is 4.79 Å². The lowest BCUT2D eigenvalue weighted by Gasteiger charge is -2.24. The molecule has 0 bridgehead atoms. The topological polar surface area (TPSA) is 29.5 Å². The van der Waals surface area contributed by atoms with Gasteiger partial charge in [-0.2, -0.15) is 26.3 Å². The Labute approximate surface area is 182 Å². The molecule has 0 saturated carbocycles. The van der Waals surface area contributed by atoms with Gasteiger partial charge in [0, 0.05) is 4.47 Å². The molecule has 31 heavy (non-hydrogen) atoms. The number of hydrogen-bond acceptors (Lipinski definition) is 2. The number of carbonyl (C=O) groups excluding carboxylic acids is 1. The summed E-state index contributed by atoms with van der Waals surface area (Å²) >= 11 is 3.25. The van der Waals surface area contributed by atoms with Gasteiger partial charge in [0.05, 0.1) is 23.2 Å². The van der Waals surface area contributed by atoms with Crippen molar-refractivity contribution in [2.75, 3.05) is 0 Å². The first kappa shape index (κ1) is 22.0. The molecule has 1 amide bonds. The smallest absolute Gasteiger partial charge is 0.416 e. The Bertz CT molecular complexity index is 1040. The zero-order chi connectivity index (χ0) is 22.7. The number of amides is 1. The van der Waals surface area contributed by atoms with Crippen molar-refractivity contribution in [2.24, 2.45) is 0 Å². The quantitative estimate of drug-likeness (QED) is 0.402. The summed E-state index contributed by atoms with van der Waals surface area (Å²) in [5.74, 6) is 0. The fourth-order valence-electron chi connectivity index (χ4n) is 4.36. The molecule has 2 heterocycles. The van der Waals surface area contributed by atoms with Gasteiger partial charge in [0.25, 0.3) is 0 Å². The van der Waals surface area contributed by atoms with E-state index in [1.54, 1.807) is 0 Å². The summed E-state index contributed by atoms with van der Waals surface area (Å²) in [6, 6.07) is 5.47. The number of ether oxygens (including phenoxy) is 1. The van der Waals surface area contributed by atoms with Crippen LogP contribution in [0.25, 0.3) is 0 Å². The maximum atomic E-state index is 13.2. The Morgan fingerprint density at radius 1 is 0.968 bits per heavy atom. The van der Waals surface area contributed by atoms with Crippen molar-refractivity contribution in [1.29, 1.82) is 0 Å². The molecule has 2 fully saturated rings. The van der Waals surface area contributed by atoms with Crippen LogP contribution in [0.3, 0.4) is 0 Å². The van der Waals surface area contributed by atoms with E-state index in [2.05, 4.69) is 15.9 Å². The van der Waals surface area contributed by atoms with E-state index in [1.807, 2.05) is 0 Å². The third-order valence-electron chi connectivity index (χ3n) is 5.65. The minimum absolute atomic E-state index is 0.219. The summed E-state index contributed by atoms with van der Waals surface area (Å²) in [4.78, 5) is 14.0. The van der Waals surface area contributed by atoms with Crippen LogP contribution in [-0.4, -0.2) is 17.0 Å². The number of halogens is 7. The molecular formula is C21H16BrF6NO2. The van der Waals surface area contributed by atoms with Gasteiger partial charge in [0.2, 0.25) is 0 Å². The Kier molecular flexibility index (Phi) is 5.27. The number of nitrogens with zero attached hydrogens (tertiary/aromatic N) is 1. The van der Waals surface area contributed by atoms with Crippen LogP contribution in [0.2, 0.25) is 0 Å². The van der Waals surface area contributed by atoms with Crippen LogP contribution < -0.4 is 0 Å². The van der Waals surface area contributed by atoms with Crippen LogP contribution >= 0.6 is 15.9 Å². The maximum Gasteiger partial charge on any atom is 0.416 e. The second-order valence-electron chi connectivity index (χ2n) is 7.74. The summed E-state index contributed by atoms with van der Waals surface area (Å²) in [6.45, 7) is 1.52. The summed E-state index contributed by atoms with van der Waals surface area (Å²) in [7, 11) is 0. The number of hydrogen-bond donors (Lipinski definition) is 0. The van der Waals surface area contributed by atoms with Gasteiger partial charge in [0.1, 0.15) is 6.10 Å². The van der Waals surface area contributed by atoms with Crippen molar-refractivity contribution in [3.63, 3.8) is 0 Å². The third kappa shape index (κ3) is 4.02. The van der Waals surface area contributed by atoms with Crippen molar-refractivity contribution in [2.45, 2.75) is 50.3 Å². The summed E-state index contributed by atoms with van der Waals surface area (Å²) in [5, 5.41) is 0. The molecule has 0 aromatic heterocycles. The predicted octanol–water partition coefficient (Wildman–Crippen LogP) is 7.19. The molecule has 3 nitrogen and oxygen atoms in total. The van der Waals surface area contributed by atoms with Crippen molar-refractivity contribution < 1.29 is 35.9 Å². The number of rotatable bonds is 2. The van der Waals surface area contributed by atoms with Crippen molar-refractivity contribution >= 4 is 22.0 Å². The first-order chi connectivity index (χ1) is 14.4. The fourth-order valence-corrected chi connectivity index (χ4v) is 4.87. The Balaban J connectivity index is 1.69. The predicted molar refractivity (Wildman–Crippen MR) is 102 cm³/mol. The molecule has 0 radical (unpaired) electrons. The minimum Gasteiger partial charge on any atom is -0.439 e. The van der Waals surface area contributed by atoms with E-state index in [0.717, 1.165) is 24.3 Å². The number of aryl methyl sites for hydroxylation is 1. The number of carbonyl (C=O) groups is 1. The first-order valence-electron chi connectivity index (χ1n) is 9.40. The largest absolute Gasteiger partial charge is 0.439 e. The normalized spacial score (nSPS) is 23.8. The highest BCUT2D eigenvalue weighted by molar-refractivity contribution is 9.10. The number of cyclic esters (lactones) is 1. The van der Waals surface area contributed by atoms with E-state index in [0.29, 0.717) is 22.9 Å². The van der Waals surface area contributed by atoms with E-state index >= 15 is 0 Å². The highest BCUT2D eigenvalue weighted by Crippen LogP contribution is 2.49. The maximum absolute atomic E-state index is 13.2. The van der Waals surface area contributed by atoms with Gasteiger partial charge >= 0.3 is 18.4 Å². The van der Waals surface area contributed by atoms with Crippen LogP contribution in [0.4, 0.5) is 31.1 Å². The second-order valence-corrected chi connectivity index (χ2v) is 8.59. The molecule has 2 aliphatic rings. The molecule has 3 atom stereocenters. The highest BCUT2D eigenvalue weighted by Gasteiger charge is 2.51. The number of alkyl halides is 6. The molecule has 2 aromatic carbocycles. The van der Waals surface area contributed by atoms with Crippen molar-refractivity contribution in [3.8, 4) is 0 Å². The lowest BCUT2D eigenvalue weighted by atomic mass is 9.97. The highest BCUT2D eigenvalue weighted by atomic mass is 79.9. The lowest BCUT2D eigenvalue weighted by Crippen LogP contribution is -2.31. The Morgan fingerprint density at radius 3 is 2.29 bits per heavy atom. The SMILES string of the molecule is Cc1cc([C@H]2OC(=O)N3[C@H](c4cc(C(F)(F)F)ccc4Br)CC[C@@H]23)cc(C(F)(F)F)c1. The van der Waals surface area contributed by atoms with Crippen LogP contribution in [0.1, 0.15) is 52.8 Å². The van der Waals surface area contributed by atoms with Gasteiger partial charge in [0.15, 0.2) is 0 Å². The van der Waals surface area contributed by atoms with E-state index in [4.69, 9.17) is 4.74 Å². The minimum atomic E-state index is -4.55. The average molecular weight is 508 g/mol. The second kappa shape index (κ2) is 7.43. The first-order valence-corrected chi connectivity index (χ1v) is 10.2. The van der Waals surface area contributed by atoms with E-state index in [9.17, 15) is 31.1 Å². The molecule has 10 heteroatoms. The molecule has 0 unspecified atom stereocenters. The fraction of sp³-hybridized carbons (Fsp3) is 0.381. The molecule has 2 aliphatic heterocycles. The average Bonchev–Trinajstić information content (AvgIpc) is 3.21. The van der Waals surface area contributed by atoms with Crippen molar-refractivity contribution in [3.05, 3.63) is 68.7 Å². The number of benzene rings is 2. The molecule has 2 aromatic rings. The lowest BCUT2D eigenvalue weighted by molar-refractivity contribution is -0.138. The van der Waals surface area contributed by atoms with Gasteiger partial charge in [-0.1, -0.05) is 27.6 Å². The molecule has 0 N–H and O–H groups in total. The van der Waals surface area contributed by atoms with Gasteiger partial charge < -0.3 is 4.74 Å². The zero-order valence-corrected chi connectivity index (χ0v) is 17.6. The van der Waals surface area contributed by atoms with Crippen LogP contribution in [0.5, 0.6) is 0 Å². The van der Waals surface area contributed by atoms with E-state index in [1.165, 1.54) is 24.0 Å². The summed E-state index contributed by atoms with van der Waals surface area (Å²) in [6.07, 6.45) is -10.0. The molecule has 2 saturated heterocycles. The molecule has 4 rings (SSSR count). The summed E-state index contributed by atoms with van der Waals surface area (Å²) < 4.78 is 85.0. The zero-order valence-electron chi connectivity index (χ0n) is 16.0. The van der Waals surface area contributed by atoms with Crippen molar-refractivity contribution in [1.82, 2.24) is 4.90 Å². The molecule has 0 spiro atoms. The van der Waals surface area contributed by atoms with E-state index in [-0.39, 0.29) is 11.1 Å². The molecular weight excluding hydrogens is 492 g/mol. The van der Waals surface area contributed by atoms with Gasteiger partial charge in [-0.05, 0) is 61.2 Å². The van der Waals surface area contributed by atoms with Crippen LogP contribution in [0, 0.1) is 6.92 Å². The summed E-state index contributed by atoms with van der Waals surface area (Å²) in [5.41, 5.74) is -0.805. The van der Waals surface area contributed by atoms with Gasteiger partial charge in [-0.15, -0.1) is 0 Å². The Morgan fingerprint density at radius 2 is 1.65 bits per heavy atom. The molecule has 0 aliphatic carbocycles. The standard InChI is InChI=1S/C21H16BrF6NO2/c1-10-6-11(8-13(7-10)21(26,27)28)18-17-5-4-16(29(17)19(30)31-18)14-9-12(20(23,24)25)2-3-15(14)22/h2-3,6-9,16-18H,4-5H2,1H3/t16-,17-,18+/m0/s1. The Hall–Kier alpha value is -2.23. The van der Waals surface area contributed by atoms with Crippen LogP contribution in [-0.2, 0) is 17.1 Å². The molecule has 166 valence electrons. The monoisotopic (exact) mass is 507 g/mol. The van der Waals surface area contributed by atoms with E-state index < -0.39 is 47.8 Å². The third-order valence-corrected chi connectivity index (χ3v) is 6.38. The number of fused-ring (bicyclic) bond motifs is 1. The van der Waals surface area contributed by atoms with Gasteiger partial charge in [-0.3, -0.25) is 4.90 Å².